The van der Waals surface area contributed by atoms with Gasteiger partial charge in [-0.1, -0.05) is 0 Å². The maximum atomic E-state index is 13.4. The second-order valence-corrected chi connectivity index (χ2v) is 6.16. The van der Waals surface area contributed by atoms with Gasteiger partial charge in [-0.2, -0.15) is 0 Å². The molecule has 2 aromatic carbocycles. The van der Waals surface area contributed by atoms with Crippen LogP contribution in [0.2, 0.25) is 0 Å². The summed E-state index contributed by atoms with van der Waals surface area (Å²) in [7, 11) is -3.88. The van der Waals surface area contributed by atoms with Crippen LogP contribution in [0.4, 0.5) is 20.2 Å². The zero-order chi connectivity index (χ0) is 17.9. The van der Waals surface area contributed by atoms with Crippen molar-refractivity contribution in [3.8, 4) is 0 Å². The van der Waals surface area contributed by atoms with Crippen LogP contribution in [0.25, 0.3) is 0 Å². The van der Waals surface area contributed by atoms with Crippen molar-refractivity contribution in [2.24, 2.45) is 5.14 Å². The van der Waals surface area contributed by atoms with E-state index in [-0.39, 0.29) is 10.6 Å². The average molecular weight is 355 g/mol. The number of hydrogen-bond acceptors (Lipinski definition) is 4. The van der Waals surface area contributed by atoms with Crippen molar-refractivity contribution < 1.29 is 26.8 Å². The second kappa shape index (κ2) is 6.72. The molecule has 0 spiro atoms. The number of sulfonamides is 1. The van der Waals surface area contributed by atoms with Gasteiger partial charge in [0.15, 0.2) is 0 Å². The van der Waals surface area contributed by atoms with E-state index in [2.05, 4.69) is 5.32 Å². The van der Waals surface area contributed by atoms with Gasteiger partial charge in [0.1, 0.15) is 11.6 Å². The zero-order valence-electron chi connectivity index (χ0n) is 11.9. The third-order valence-corrected chi connectivity index (χ3v) is 3.75. The van der Waals surface area contributed by atoms with Crippen molar-refractivity contribution in [2.75, 3.05) is 10.6 Å². The van der Waals surface area contributed by atoms with E-state index in [0.29, 0.717) is 0 Å². The van der Waals surface area contributed by atoms with E-state index in [1.54, 1.807) is 0 Å². The van der Waals surface area contributed by atoms with E-state index in [1.165, 1.54) is 12.1 Å². The molecule has 0 aromatic heterocycles. The number of carbonyl (C=O) groups is 2. The predicted molar refractivity (Wildman–Crippen MR) is 81.4 cm³/mol. The molecule has 2 amide bonds. The molecule has 4 N–H and O–H groups in total. The van der Waals surface area contributed by atoms with Crippen LogP contribution >= 0.6 is 0 Å². The van der Waals surface area contributed by atoms with Gasteiger partial charge in [-0.05, 0) is 36.4 Å². The van der Waals surface area contributed by atoms with Crippen LogP contribution in [-0.2, 0) is 19.6 Å². The molecule has 0 aliphatic carbocycles. The summed E-state index contributed by atoms with van der Waals surface area (Å²) >= 11 is 0. The second-order valence-electron chi connectivity index (χ2n) is 4.60. The maximum Gasteiger partial charge on any atom is 0.314 e. The molecule has 0 saturated heterocycles. The molecular formula is C14H11F2N3O4S. The molecule has 0 atom stereocenters. The molecule has 0 unspecified atom stereocenters. The first kappa shape index (κ1) is 17.5. The lowest BCUT2D eigenvalue weighted by atomic mass is 10.3. The summed E-state index contributed by atoms with van der Waals surface area (Å²) < 4.78 is 48.6. The van der Waals surface area contributed by atoms with Crippen LogP contribution in [-0.4, -0.2) is 20.2 Å². The molecule has 0 radical (unpaired) electrons. The fourth-order valence-corrected chi connectivity index (χ4v) is 2.20. The molecule has 7 nitrogen and oxygen atoms in total. The first-order valence-electron chi connectivity index (χ1n) is 6.37. The smallest absolute Gasteiger partial charge is 0.314 e. The SMILES string of the molecule is NS(=O)(=O)c1ccc(NC(=O)C(=O)Nc2cc(F)ccc2F)cc1. The standard InChI is InChI=1S/C14H11F2N3O4S/c15-8-1-6-11(16)12(7-8)19-14(21)13(20)18-9-2-4-10(5-3-9)24(17,22)23/h1-7H,(H,18,20)(H,19,21)(H2,17,22,23). The number of rotatable bonds is 3. The van der Waals surface area contributed by atoms with E-state index in [0.717, 1.165) is 30.3 Å². The molecule has 0 bridgehead atoms. The Kier molecular flexibility index (Phi) is 4.90. The van der Waals surface area contributed by atoms with Crippen LogP contribution in [0.1, 0.15) is 0 Å². The lowest BCUT2D eigenvalue weighted by Crippen LogP contribution is -2.29. The largest absolute Gasteiger partial charge is 0.318 e. The van der Waals surface area contributed by atoms with Crippen molar-refractivity contribution in [1.82, 2.24) is 0 Å². The number of amides is 2. The molecule has 2 aromatic rings. The van der Waals surface area contributed by atoms with E-state index in [1.807, 2.05) is 5.32 Å². The minimum absolute atomic E-state index is 0.113. The highest BCUT2D eigenvalue weighted by molar-refractivity contribution is 7.89. The Bertz CT molecular complexity index is 899. The van der Waals surface area contributed by atoms with Crippen LogP contribution in [0.5, 0.6) is 0 Å². The highest BCUT2D eigenvalue weighted by Crippen LogP contribution is 2.16. The predicted octanol–water partition coefficient (Wildman–Crippen LogP) is 1.19. The number of anilines is 2. The van der Waals surface area contributed by atoms with E-state index >= 15 is 0 Å². The van der Waals surface area contributed by atoms with Gasteiger partial charge < -0.3 is 10.6 Å². The summed E-state index contributed by atoms with van der Waals surface area (Å²) in [5.41, 5.74) is -0.373. The summed E-state index contributed by atoms with van der Waals surface area (Å²) in [6.45, 7) is 0. The minimum Gasteiger partial charge on any atom is -0.318 e. The number of nitrogens with one attached hydrogen (secondary N) is 2. The Morgan fingerprint density at radius 1 is 0.917 bits per heavy atom. The summed E-state index contributed by atoms with van der Waals surface area (Å²) in [4.78, 5) is 23.2. The van der Waals surface area contributed by atoms with Gasteiger partial charge in [-0.3, -0.25) is 9.59 Å². The molecule has 10 heteroatoms. The normalized spacial score (nSPS) is 11.0. The van der Waals surface area contributed by atoms with E-state index in [9.17, 15) is 26.8 Å². The monoisotopic (exact) mass is 355 g/mol. The van der Waals surface area contributed by atoms with E-state index < -0.39 is 39.2 Å². The Morgan fingerprint density at radius 3 is 2.08 bits per heavy atom. The highest BCUT2D eigenvalue weighted by Gasteiger charge is 2.17. The van der Waals surface area contributed by atoms with Crippen LogP contribution < -0.4 is 15.8 Å². The first-order chi connectivity index (χ1) is 11.2. The third kappa shape index (κ3) is 4.33. The molecule has 0 saturated carbocycles. The number of primary sulfonamides is 1. The molecule has 0 fully saturated rings. The van der Waals surface area contributed by atoms with Crippen LogP contribution in [0.3, 0.4) is 0 Å². The first-order valence-corrected chi connectivity index (χ1v) is 7.92. The fraction of sp³-hybridized carbons (Fsp3) is 0. The van der Waals surface area contributed by atoms with Crippen molar-refractivity contribution in [2.45, 2.75) is 4.90 Å². The number of halogens is 2. The van der Waals surface area contributed by atoms with Gasteiger partial charge in [0, 0.05) is 11.8 Å². The van der Waals surface area contributed by atoms with Gasteiger partial charge in [0.05, 0.1) is 10.6 Å². The molecular weight excluding hydrogens is 344 g/mol. The lowest BCUT2D eigenvalue weighted by Gasteiger charge is -2.08. The van der Waals surface area contributed by atoms with Gasteiger partial charge in [-0.25, -0.2) is 22.3 Å². The van der Waals surface area contributed by atoms with Gasteiger partial charge in [-0.15, -0.1) is 0 Å². The Balaban J connectivity index is 2.06. The average Bonchev–Trinajstić information content (AvgIpc) is 2.50. The number of benzene rings is 2. The molecule has 2 rings (SSSR count). The van der Waals surface area contributed by atoms with Crippen molar-refractivity contribution >= 4 is 33.2 Å². The maximum absolute atomic E-state index is 13.4. The Hall–Kier alpha value is -2.85. The highest BCUT2D eigenvalue weighted by atomic mass is 32.2. The van der Waals surface area contributed by atoms with Gasteiger partial charge in [0.2, 0.25) is 10.0 Å². The number of nitrogens with two attached hydrogens (primary N) is 1. The van der Waals surface area contributed by atoms with E-state index in [4.69, 9.17) is 5.14 Å². The van der Waals surface area contributed by atoms with Gasteiger partial charge >= 0.3 is 11.8 Å². The molecule has 0 aliphatic heterocycles. The summed E-state index contributed by atoms with van der Waals surface area (Å²) in [5, 5.41) is 9.02. The number of hydrogen-bond donors (Lipinski definition) is 3. The molecule has 0 heterocycles. The van der Waals surface area contributed by atoms with Crippen molar-refractivity contribution in [3.05, 3.63) is 54.1 Å². The molecule has 126 valence electrons. The summed E-state index contributed by atoms with van der Waals surface area (Å²) in [5.74, 6) is -4.07. The quantitative estimate of drug-likeness (QED) is 0.717. The zero-order valence-corrected chi connectivity index (χ0v) is 12.7. The molecule has 0 aliphatic rings. The van der Waals surface area contributed by atoms with Crippen LogP contribution in [0.15, 0.2) is 47.4 Å². The lowest BCUT2D eigenvalue weighted by molar-refractivity contribution is -0.133. The van der Waals surface area contributed by atoms with Gasteiger partial charge in [0.25, 0.3) is 0 Å². The van der Waals surface area contributed by atoms with Crippen molar-refractivity contribution in [3.63, 3.8) is 0 Å². The minimum atomic E-state index is -3.88. The summed E-state index contributed by atoms with van der Waals surface area (Å²) in [6, 6.07) is 7.08. The van der Waals surface area contributed by atoms with Crippen molar-refractivity contribution in [1.29, 1.82) is 0 Å². The molecule has 24 heavy (non-hydrogen) atoms. The third-order valence-electron chi connectivity index (χ3n) is 2.82. The van der Waals surface area contributed by atoms with Crippen LogP contribution in [0, 0.1) is 11.6 Å². The fourth-order valence-electron chi connectivity index (χ4n) is 1.69. The Labute approximate surface area is 135 Å². The topological polar surface area (TPSA) is 118 Å². The summed E-state index contributed by atoms with van der Waals surface area (Å²) in [6.07, 6.45) is 0. The number of carbonyl (C=O) groups excluding carboxylic acids is 2. The Morgan fingerprint density at radius 2 is 1.50 bits per heavy atom.